The Hall–Kier alpha value is -2.56. The Morgan fingerprint density at radius 2 is 1.76 bits per heavy atom. The molecule has 1 aliphatic rings. The van der Waals surface area contributed by atoms with E-state index in [1.54, 1.807) is 14.2 Å². The third-order valence-corrected chi connectivity index (χ3v) is 3.32. The first-order valence-electron chi connectivity index (χ1n) is 6.64. The fraction of sp³-hybridized carbons (Fsp3) is 0.250. The lowest BCUT2D eigenvalue weighted by Gasteiger charge is -2.11. The van der Waals surface area contributed by atoms with E-state index < -0.39 is 0 Å². The van der Waals surface area contributed by atoms with Crippen molar-refractivity contribution in [2.75, 3.05) is 26.3 Å². The van der Waals surface area contributed by atoms with Crippen molar-refractivity contribution >= 4 is 5.69 Å². The van der Waals surface area contributed by atoms with Crippen molar-refractivity contribution in [3.63, 3.8) is 0 Å². The minimum absolute atomic E-state index is 0.286. The molecule has 2 aromatic rings. The van der Waals surface area contributed by atoms with E-state index in [9.17, 15) is 0 Å². The normalized spacial score (nSPS) is 12.1. The summed E-state index contributed by atoms with van der Waals surface area (Å²) in [6.45, 7) is 0.967. The molecule has 0 amide bonds. The summed E-state index contributed by atoms with van der Waals surface area (Å²) < 4.78 is 21.2. The van der Waals surface area contributed by atoms with Gasteiger partial charge >= 0.3 is 0 Å². The van der Waals surface area contributed by atoms with Crippen molar-refractivity contribution < 1.29 is 18.9 Å². The summed E-state index contributed by atoms with van der Waals surface area (Å²) in [4.78, 5) is 0. The minimum atomic E-state index is 0.286. The van der Waals surface area contributed by atoms with E-state index in [-0.39, 0.29) is 6.79 Å². The SMILES string of the molecule is COc1ccc(CNc2ccc3c(c2)OCO3)cc1OC. The highest BCUT2D eigenvalue weighted by atomic mass is 16.7. The molecule has 5 heteroatoms. The van der Waals surface area contributed by atoms with Gasteiger partial charge < -0.3 is 24.3 Å². The monoisotopic (exact) mass is 287 g/mol. The van der Waals surface area contributed by atoms with Crippen LogP contribution in [0.25, 0.3) is 0 Å². The van der Waals surface area contributed by atoms with Gasteiger partial charge in [0.2, 0.25) is 6.79 Å². The van der Waals surface area contributed by atoms with Gasteiger partial charge in [-0.2, -0.15) is 0 Å². The number of hydrogen-bond donors (Lipinski definition) is 1. The second-order valence-corrected chi connectivity index (χ2v) is 4.61. The Morgan fingerprint density at radius 1 is 0.952 bits per heavy atom. The van der Waals surface area contributed by atoms with Gasteiger partial charge in [0, 0.05) is 18.3 Å². The molecular formula is C16H17NO4. The number of hydrogen-bond acceptors (Lipinski definition) is 5. The van der Waals surface area contributed by atoms with Crippen LogP contribution in [0.3, 0.4) is 0 Å². The number of methoxy groups -OCH3 is 2. The predicted octanol–water partition coefficient (Wildman–Crippen LogP) is 3.04. The number of ether oxygens (including phenoxy) is 4. The van der Waals surface area contributed by atoms with Crippen LogP contribution in [0.2, 0.25) is 0 Å². The second-order valence-electron chi connectivity index (χ2n) is 4.61. The fourth-order valence-electron chi connectivity index (χ4n) is 2.20. The third-order valence-electron chi connectivity index (χ3n) is 3.32. The van der Waals surface area contributed by atoms with Crippen molar-refractivity contribution in [2.24, 2.45) is 0 Å². The number of nitrogens with one attached hydrogen (secondary N) is 1. The molecule has 0 spiro atoms. The summed E-state index contributed by atoms with van der Waals surface area (Å²) in [6.07, 6.45) is 0. The van der Waals surface area contributed by atoms with E-state index in [1.807, 2.05) is 36.4 Å². The van der Waals surface area contributed by atoms with Crippen LogP contribution in [0.1, 0.15) is 5.56 Å². The predicted molar refractivity (Wildman–Crippen MR) is 79.4 cm³/mol. The molecule has 0 fully saturated rings. The number of benzene rings is 2. The van der Waals surface area contributed by atoms with E-state index in [2.05, 4.69) is 5.32 Å². The lowest BCUT2D eigenvalue weighted by Crippen LogP contribution is -2.00. The van der Waals surface area contributed by atoms with Crippen molar-refractivity contribution in [3.8, 4) is 23.0 Å². The molecule has 110 valence electrons. The molecule has 1 N–H and O–H groups in total. The zero-order valence-electron chi connectivity index (χ0n) is 12.0. The van der Waals surface area contributed by atoms with Crippen LogP contribution in [-0.2, 0) is 6.54 Å². The van der Waals surface area contributed by atoms with Gasteiger partial charge in [-0.15, -0.1) is 0 Å². The molecule has 0 radical (unpaired) electrons. The second kappa shape index (κ2) is 5.83. The molecule has 2 aromatic carbocycles. The van der Waals surface area contributed by atoms with Crippen LogP contribution in [-0.4, -0.2) is 21.0 Å². The maximum absolute atomic E-state index is 5.36. The first kappa shape index (κ1) is 13.4. The molecule has 0 atom stereocenters. The van der Waals surface area contributed by atoms with Crippen LogP contribution < -0.4 is 24.3 Å². The van der Waals surface area contributed by atoms with Gasteiger partial charge in [-0.3, -0.25) is 0 Å². The summed E-state index contributed by atoms with van der Waals surface area (Å²) in [7, 11) is 3.26. The first-order chi connectivity index (χ1) is 10.3. The maximum atomic E-state index is 5.36. The molecule has 1 heterocycles. The average Bonchev–Trinajstić information content (AvgIpc) is 3.00. The molecule has 0 bridgehead atoms. The number of fused-ring (bicyclic) bond motifs is 1. The third kappa shape index (κ3) is 2.81. The Labute approximate surface area is 123 Å². The molecule has 1 aliphatic heterocycles. The zero-order valence-corrected chi connectivity index (χ0v) is 12.0. The van der Waals surface area contributed by atoms with E-state index in [4.69, 9.17) is 18.9 Å². The van der Waals surface area contributed by atoms with Crippen molar-refractivity contribution in [2.45, 2.75) is 6.54 Å². The van der Waals surface area contributed by atoms with Crippen LogP contribution >= 0.6 is 0 Å². The molecule has 5 nitrogen and oxygen atoms in total. The molecule has 0 saturated heterocycles. The van der Waals surface area contributed by atoms with Gasteiger partial charge in [-0.25, -0.2) is 0 Å². The van der Waals surface area contributed by atoms with Crippen LogP contribution in [0.15, 0.2) is 36.4 Å². The quantitative estimate of drug-likeness (QED) is 0.916. The topological polar surface area (TPSA) is 49.0 Å². The summed E-state index contributed by atoms with van der Waals surface area (Å²) in [5.41, 5.74) is 2.08. The first-order valence-corrected chi connectivity index (χ1v) is 6.64. The number of anilines is 1. The van der Waals surface area contributed by atoms with E-state index in [0.717, 1.165) is 34.2 Å². The lowest BCUT2D eigenvalue weighted by atomic mass is 10.2. The van der Waals surface area contributed by atoms with E-state index in [0.29, 0.717) is 6.54 Å². The van der Waals surface area contributed by atoms with Crippen LogP contribution in [0.4, 0.5) is 5.69 Å². The molecule has 0 saturated carbocycles. The van der Waals surface area contributed by atoms with Crippen molar-refractivity contribution in [1.82, 2.24) is 0 Å². The number of rotatable bonds is 5. The van der Waals surface area contributed by atoms with Crippen molar-refractivity contribution in [1.29, 1.82) is 0 Å². The summed E-state index contributed by atoms with van der Waals surface area (Å²) in [5, 5.41) is 3.35. The lowest BCUT2D eigenvalue weighted by molar-refractivity contribution is 0.174. The fourth-order valence-corrected chi connectivity index (χ4v) is 2.20. The van der Waals surface area contributed by atoms with Gasteiger partial charge in [0.1, 0.15) is 0 Å². The van der Waals surface area contributed by atoms with Gasteiger partial charge in [0.05, 0.1) is 14.2 Å². The van der Waals surface area contributed by atoms with E-state index >= 15 is 0 Å². The molecule has 0 aromatic heterocycles. The smallest absolute Gasteiger partial charge is 0.231 e. The Bertz CT molecular complexity index is 642. The Kier molecular flexibility index (Phi) is 3.73. The van der Waals surface area contributed by atoms with Gasteiger partial charge in [0.25, 0.3) is 0 Å². The van der Waals surface area contributed by atoms with Crippen LogP contribution in [0, 0.1) is 0 Å². The largest absolute Gasteiger partial charge is 0.493 e. The highest BCUT2D eigenvalue weighted by Crippen LogP contribution is 2.34. The minimum Gasteiger partial charge on any atom is -0.493 e. The summed E-state index contributed by atoms with van der Waals surface area (Å²) >= 11 is 0. The highest BCUT2D eigenvalue weighted by molar-refractivity contribution is 5.56. The van der Waals surface area contributed by atoms with Gasteiger partial charge in [-0.05, 0) is 29.8 Å². The zero-order chi connectivity index (χ0) is 14.7. The highest BCUT2D eigenvalue weighted by Gasteiger charge is 2.13. The summed E-state index contributed by atoms with van der Waals surface area (Å²) in [5.74, 6) is 3.01. The molecule has 3 rings (SSSR count). The van der Waals surface area contributed by atoms with Gasteiger partial charge in [0.15, 0.2) is 23.0 Å². The van der Waals surface area contributed by atoms with Crippen molar-refractivity contribution in [3.05, 3.63) is 42.0 Å². The maximum Gasteiger partial charge on any atom is 0.231 e. The molecule has 0 aliphatic carbocycles. The van der Waals surface area contributed by atoms with Gasteiger partial charge in [-0.1, -0.05) is 6.07 Å². The Balaban J connectivity index is 1.70. The average molecular weight is 287 g/mol. The Morgan fingerprint density at radius 3 is 2.57 bits per heavy atom. The standard InChI is InChI=1S/C16H17NO4/c1-18-13-5-3-11(7-15(13)19-2)9-17-12-4-6-14-16(8-12)21-10-20-14/h3-8,17H,9-10H2,1-2H3. The molecule has 0 unspecified atom stereocenters. The van der Waals surface area contributed by atoms with E-state index in [1.165, 1.54) is 0 Å². The summed E-state index contributed by atoms with van der Waals surface area (Å²) in [6, 6.07) is 11.7. The molecular weight excluding hydrogens is 270 g/mol. The molecule has 21 heavy (non-hydrogen) atoms. The van der Waals surface area contributed by atoms with Crippen LogP contribution in [0.5, 0.6) is 23.0 Å².